The summed E-state index contributed by atoms with van der Waals surface area (Å²) in [7, 11) is 0. The van der Waals surface area contributed by atoms with Crippen LogP contribution in [0.25, 0.3) is 0 Å². The first-order valence-corrected chi connectivity index (χ1v) is 9.98. The molecule has 1 fully saturated rings. The lowest BCUT2D eigenvalue weighted by Gasteiger charge is -2.40. The third kappa shape index (κ3) is 5.42. The number of carbonyl (C=O) groups is 2. The van der Waals surface area contributed by atoms with Crippen molar-refractivity contribution in [1.29, 1.82) is 0 Å². The minimum atomic E-state index is -0.851. The van der Waals surface area contributed by atoms with E-state index in [1.807, 2.05) is 24.5 Å². The van der Waals surface area contributed by atoms with E-state index in [0.29, 0.717) is 36.2 Å². The second kappa shape index (κ2) is 9.34. The molecule has 1 N–H and O–H groups in total. The molecule has 2 amide bonds. The van der Waals surface area contributed by atoms with E-state index >= 15 is 0 Å². The highest BCUT2D eigenvalue weighted by Crippen LogP contribution is 2.25. The number of carbonyl (C=O) groups excluding carboxylic acids is 1. The third-order valence-electron chi connectivity index (χ3n) is 4.85. The number of urea groups is 1. The quantitative estimate of drug-likeness (QED) is 0.691. The lowest BCUT2D eigenvalue weighted by Crippen LogP contribution is -2.53. The van der Waals surface area contributed by atoms with Gasteiger partial charge in [0.05, 0.1) is 6.42 Å². The van der Waals surface area contributed by atoms with Crippen molar-refractivity contribution < 1.29 is 14.7 Å². The number of carboxylic acids is 1. The van der Waals surface area contributed by atoms with Crippen LogP contribution in [0.5, 0.6) is 0 Å². The Labute approximate surface area is 174 Å². The summed E-state index contributed by atoms with van der Waals surface area (Å²) in [6.07, 6.45) is 4.81. The van der Waals surface area contributed by atoms with E-state index in [0.717, 1.165) is 18.5 Å². The maximum absolute atomic E-state index is 13.0. The average Bonchev–Trinajstić information content (AvgIpc) is 3.14. The number of amides is 2. The van der Waals surface area contributed by atoms with Gasteiger partial charge in [-0.1, -0.05) is 29.3 Å². The molecule has 1 atom stereocenters. The van der Waals surface area contributed by atoms with Crippen molar-refractivity contribution in [3.8, 4) is 0 Å². The average molecular weight is 424 g/mol. The maximum atomic E-state index is 13.0. The first kappa shape index (κ1) is 20.6. The van der Waals surface area contributed by atoms with Gasteiger partial charge in [0.15, 0.2) is 0 Å². The predicted molar refractivity (Wildman–Crippen MR) is 109 cm³/mol. The molecule has 28 heavy (non-hydrogen) atoms. The zero-order valence-electron chi connectivity index (χ0n) is 15.4. The Balaban J connectivity index is 1.68. The van der Waals surface area contributed by atoms with Crippen LogP contribution in [-0.4, -0.2) is 51.1 Å². The molecule has 2 aromatic rings. The molecule has 2 heterocycles. The Bertz CT molecular complexity index is 826. The van der Waals surface area contributed by atoms with Gasteiger partial charge >= 0.3 is 12.0 Å². The summed E-state index contributed by atoms with van der Waals surface area (Å²) in [5.74, 6) is -0.969. The predicted octanol–water partition coefficient (Wildman–Crippen LogP) is 4.21. The van der Waals surface area contributed by atoms with Gasteiger partial charge in [0.1, 0.15) is 0 Å². The number of halogens is 2. The van der Waals surface area contributed by atoms with Crippen LogP contribution in [0.2, 0.25) is 10.0 Å². The number of benzene rings is 1. The Hall–Kier alpha value is -2.18. The van der Waals surface area contributed by atoms with E-state index in [2.05, 4.69) is 4.57 Å². The van der Waals surface area contributed by atoms with Crippen molar-refractivity contribution in [2.45, 2.75) is 25.9 Å². The largest absolute Gasteiger partial charge is 0.481 e. The molecule has 0 saturated carbocycles. The molecule has 150 valence electrons. The lowest BCUT2D eigenvalue weighted by molar-refractivity contribution is -0.138. The van der Waals surface area contributed by atoms with E-state index in [4.69, 9.17) is 23.2 Å². The molecule has 0 bridgehead atoms. The number of aryl methyl sites for hydroxylation is 1. The first-order valence-electron chi connectivity index (χ1n) is 9.22. The molecule has 3 rings (SSSR count). The number of aromatic nitrogens is 1. The number of carboxylic acid groups (broad SMARTS) is 1. The lowest BCUT2D eigenvalue weighted by atomic mass is 10.0. The zero-order chi connectivity index (χ0) is 20.1. The minimum absolute atomic E-state index is 0.0340. The highest BCUT2D eigenvalue weighted by molar-refractivity contribution is 6.35. The molecule has 1 aromatic carbocycles. The van der Waals surface area contributed by atoms with Crippen LogP contribution in [0.1, 0.15) is 18.4 Å². The number of rotatable bonds is 8. The summed E-state index contributed by atoms with van der Waals surface area (Å²) in [4.78, 5) is 27.6. The second-order valence-electron chi connectivity index (χ2n) is 7.08. The topological polar surface area (TPSA) is 65.8 Å². The number of aliphatic carboxylic acids is 1. The van der Waals surface area contributed by atoms with Crippen LogP contribution in [0.3, 0.4) is 0 Å². The van der Waals surface area contributed by atoms with E-state index in [1.54, 1.807) is 28.0 Å². The van der Waals surface area contributed by atoms with E-state index in [1.165, 1.54) is 0 Å². The number of hydrogen-bond donors (Lipinski definition) is 1. The van der Waals surface area contributed by atoms with E-state index in [-0.39, 0.29) is 18.4 Å². The number of nitrogens with zero attached hydrogens (tertiary/aromatic N) is 3. The summed E-state index contributed by atoms with van der Waals surface area (Å²) in [6.45, 7) is 2.58. The van der Waals surface area contributed by atoms with Gasteiger partial charge in [0.2, 0.25) is 0 Å². The summed E-state index contributed by atoms with van der Waals surface area (Å²) in [5.41, 5.74) is 0.794. The van der Waals surface area contributed by atoms with E-state index < -0.39 is 5.97 Å². The van der Waals surface area contributed by atoms with Crippen LogP contribution < -0.4 is 0 Å². The maximum Gasteiger partial charge on any atom is 0.320 e. The summed E-state index contributed by atoms with van der Waals surface area (Å²) >= 11 is 12.2. The van der Waals surface area contributed by atoms with Crippen molar-refractivity contribution >= 4 is 35.2 Å². The molecular formula is C20H23Cl2N3O3. The Morgan fingerprint density at radius 3 is 2.50 bits per heavy atom. The minimum Gasteiger partial charge on any atom is -0.481 e. The number of hydrogen-bond acceptors (Lipinski definition) is 2. The summed E-state index contributed by atoms with van der Waals surface area (Å²) in [6, 6.07) is 9.03. The normalized spacial score (nSPS) is 17.2. The van der Waals surface area contributed by atoms with Crippen LogP contribution in [0.4, 0.5) is 4.79 Å². The van der Waals surface area contributed by atoms with Gasteiger partial charge in [0, 0.05) is 61.1 Å². The van der Waals surface area contributed by atoms with Gasteiger partial charge in [0.25, 0.3) is 0 Å². The van der Waals surface area contributed by atoms with Gasteiger partial charge in [-0.2, -0.15) is 0 Å². The Morgan fingerprint density at radius 1 is 1.11 bits per heavy atom. The van der Waals surface area contributed by atoms with Crippen molar-refractivity contribution in [2.24, 2.45) is 5.92 Å². The van der Waals surface area contributed by atoms with Gasteiger partial charge in [-0.3, -0.25) is 4.79 Å². The van der Waals surface area contributed by atoms with Gasteiger partial charge in [-0.05, 0) is 36.2 Å². The van der Waals surface area contributed by atoms with Crippen molar-refractivity contribution in [2.75, 3.05) is 19.6 Å². The first-order chi connectivity index (χ1) is 13.4. The fourth-order valence-corrected chi connectivity index (χ4v) is 4.02. The smallest absolute Gasteiger partial charge is 0.320 e. The monoisotopic (exact) mass is 423 g/mol. The van der Waals surface area contributed by atoms with Crippen molar-refractivity contribution in [1.82, 2.24) is 14.4 Å². The highest BCUT2D eigenvalue weighted by atomic mass is 35.5. The third-order valence-corrected chi connectivity index (χ3v) is 5.44. The molecule has 1 aliphatic rings. The Kier molecular flexibility index (Phi) is 6.86. The van der Waals surface area contributed by atoms with Crippen LogP contribution in [0, 0.1) is 5.92 Å². The molecule has 6 nitrogen and oxygen atoms in total. The van der Waals surface area contributed by atoms with Crippen LogP contribution >= 0.6 is 23.2 Å². The van der Waals surface area contributed by atoms with Crippen molar-refractivity contribution in [3.63, 3.8) is 0 Å². The molecular weight excluding hydrogens is 401 g/mol. The van der Waals surface area contributed by atoms with Crippen LogP contribution in [-0.2, 0) is 17.9 Å². The Morgan fingerprint density at radius 2 is 1.82 bits per heavy atom. The van der Waals surface area contributed by atoms with Gasteiger partial charge < -0.3 is 19.5 Å². The molecule has 0 radical (unpaired) electrons. The van der Waals surface area contributed by atoms with Gasteiger partial charge in [-0.15, -0.1) is 0 Å². The zero-order valence-corrected chi connectivity index (χ0v) is 16.9. The molecule has 1 aromatic heterocycles. The highest BCUT2D eigenvalue weighted by Gasteiger charge is 2.32. The van der Waals surface area contributed by atoms with Crippen LogP contribution in [0.15, 0.2) is 42.7 Å². The molecule has 8 heteroatoms. The van der Waals surface area contributed by atoms with E-state index in [9.17, 15) is 14.7 Å². The standard InChI is InChI=1S/C20H23Cl2N3O3/c21-17-5-4-16(18(22)11-17)14-25-13-15(10-19(26)27)12-24(20(25)28)9-3-8-23-6-1-2-7-23/h1-2,4-7,11,15H,3,8-10,12-14H2,(H,26,27). The SMILES string of the molecule is O=C(O)CC1CN(CCCn2cccc2)C(=O)N(Cc2ccc(Cl)cc2Cl)C1. The fourth-order valence-electron chi connectivity index (χ4n) is 3.55. The fraction of sp³-hybridized carbons (Fsp3) is 0.400. The van der Waals surface area contributed by atoms with Crippen molar-refractivity contribution in [3.05, 3.63) is 58.3 Å². The second-order valence-corrected chi connectivity index (χ2v) is 7.93. The summed E-state index contributed by atoms with van der Waals surface area (Å²) in [5, 5.41) is 10.2. The molecule has 1 saturated heterocycles. The molecule has 1 aliphatic heterocycles. The summed E-state index contributed by atoms with van der Waals surface area (Å²) < 4.78 is 2.06. The molecule has 1 unspecified atom stereocenters. The molecule has 0 spiro atoms. The molecule has 0 aliphatic carbocycles. The van der Waals surface area contributed by atoms with Gasteiger partial charge in [-0.25, -0.2) is 4.79 Å².